The van der Waals surface area contributed by atoms with Gasteiger partial charge in [0.2, 0.25) is 0 Å². The van der Waals surface area contributed by atoms with Gasteiger partial charge in [0.05, 0.1) is 17.9 Å². The minimum atomic E-state index is 0.745. The molecule has 0 aliphatic rings. The van der Waals surface area contributed by atoms with Gasteiger partial charge in [0.1, 0.15) is 0 Å². The number of benzene rings is 1. The van der Waals surface area contributed by atoms with Crippen LogP contribution in [-0.4, -0.2) is 4.98 Å². The first-order valence-corrected chi connectivity index (χ1v) is 6.78. The van der Waals surface area contributed by atoms with Crippen molar-refractivity contribution in [1.29, 1.82) is 0 Å². The predicted molar refractivity (Wildman–Crippen MR) is 79.9 cm³/mol. The van der Waals surface area contributed by atoms with E-state index in [9.17, 15) is 0 Å². The number of anilines is 1. The van der Waals surface area contributed by atoms with Crippen LogP contribution in [-0.2, 0) is 6.54 Å². The topological polar surface area (TPSA) is 24.9 Å². The molecule has 0 amide bonds. The Morgan fingerprint density at radius 1 is 1.17 bits per heavy atom. The number of halogens is 1. The van der Waals surface area contributed by atoms with Crippen molar-refractivity contribution in [3.05, 3.63) is 57.3 Å². The highest BCUT2D eigenvalue weighted by Gasteiger charge is 2.05. The van der Waals surface area contributed by atoms with Crippen LogP contribution in [0.4, 0.5) is 5.69 Å². The lowest BCUT2D eigenvalue weighted by Gasteiger charge is -2.13. The van der Waals surface area contributed by atoms with Crippen LogP contribution in [0.15, 0.2) is 34.9 Å². The average molecular weight is 305 g/mol. The van der Waals surface area contributed by atoms with Crippen molar-refractivity contribution in [2.75, 3.05) is 5.32 Å². The smallest absolute Gasteiger partial charge is 0.0623 e. The highest BCUT2D eigenvalue weighted by Crippen LogP contribution is 2.28. The first kappa shape index (κ1) is 13.1. The third kappa shape index (κ3) is 2.91. The maximum absolute atomic E-state index is 4.39. The van der Waals surface area contributed by atoms with Gasteiger partial charge in [-0.2, -0.15) is 0 Å². The van der Waals surface area contributed by atoms with E-state index >= 15 is 0 Å². The summed E-state index contributed by atoms with van der Waals surface area (Å²) in [5.41, 5.74) is 5.95. The standard InChI is InChI=1S/C15H17BrN2/c1-10-7-12(3)15(13(16)8-10)18-9-14-11(2)5-4-6-17-14/h4-8,18H,9H2,1-3H3. The Morgan fingerprint density at radius 2 is 1.94 bits per heavy atom. The van der Waals surface area contributed by atoms with E-state index in [-0.39, 0.29) is 0 Å². The fourth-order valence-corrected chi connectivity index (χ4v) is 2.83. The molecule has 0 bridgehead atoms. The second kappa shape index (κ2) is 5.53. The highest BCUT2D eigenvalue weighted by molar-refractivity contribution is 9.10. The Kier molecular flexibility index (Phi) is 4.02. The van der Waals surface area contributed by atoms with Crippen molar-refractivity contribution in [2.45, 2.75) is 27.3 Å². The molecule has 0 radical (unpaired) electrons. The molecular weight excluding hydrogens is 288 g/mol. The predicted octanol–water partition coefficient (Wildman–Crippen LogP) is 4.38. The maximum Gasteiger partial charge on any atom is 0.0623 e. The molecule has 2 nitrogen and oxygen atoms in total. The number of nitrogens with one attached hydrogen (secondary N) is 1. The van der Waals surface area contributed by atoms with E-state index in [0.29, 0.717) is 0 Å². The Hall–Kier alpha value is -1.35. The zero-order valence-electron chi connectivity index (χ0n) is 10.9. The summed E-state index contributed by atoms with van der Waals surface area (Å²) >= 11 is 3.61. The summed E-state index contributed by atoms with van der Waals surface area (Å²) in [4.78, 5) is 4.39. The van der Waals surface area contributed by atoms with Crippen molar-refractivity contribution < 1.29 is 0 Å². The van der Waals surface area contributed by atoms with Gasteiger partial charge in [-0.1, -0.05) is 12.1 Å². The molecule has 1 N–H and O–H groups in total. The zero-order chi connectivity index (χ0) is 13.1. The molecule has 0 aliphatic carbocycles. The Morgan fingerprint density at radius 3 is 2.61 bits per heavy atom. The van der Waals surface area contributed by atoms with E-state index in [1.54, 1.807) is 0 Å². The molecule has 0 unspecified atom stereocenters. The normalized spacial score (nSPS) is 10.4. The summed E-state index contributed by atoms with van der Waals surface area (Å²) < 4.78 is 1.11. The van der Waals surface area contributed by atoms with Crippen molar-refractivity contribution in [2.24, 2.45) is 0 Å². The highest BCUT2D eigenvalue weighted by atomic mass is 79.9. The van der Waals surface area contributed by atoms with E-state index in [2.05, 4.69) is 65.2 Å². The summed E-state index contributed by atoms with van der Waals surface area (Å²) in [6, 6.07) is 8.35. The van der Waals surface area contributed by atoms with Crippen LogP contribution >= 0.6 is 15.9 Å². The lowest BCUT2D eigenvalue weighted by molar-refractivity contribution is 1.01. The minimum Gasteiger partial charge on any atom is -0.378 e. The lowest BCUT2D eigenvalue weighted by Crippen LogP contribution is -2.05. The third-order valence-electron chi connectivity index (χ3n) is 2.98. The van der Waals surface area contributed by atoms with Crippen LogP contribution in [0.5, 0.6) is 0 Å². The van der Waals surface area contributed by atoms with E-state index in [4.69, 9.17) is 0 Å². The van der Waals surface area contributed by atoms with Crippen molar-refractivity contribution in [3.8, 4) is 0 Å². The number of aryl methyl sites for hydroxylation is 3. The van der Waals surface area contributed by atoms with E-state index in [0.717, 1.165) is 22.4 Å². The summed E-state index contributed by atoms with van der Waals surface area (Å²) in [5.74, 6) is 0. The fourth-order valence-electron chi connectivity index (χ4n) is 2.02. The van der Waals surface area contributed by atoms with Gasteiger partial charge in [-0.15, -0.1) is 0 Å². The number of rotatable bonds is 3. The van der Waals surface area contributed by atoms with Crippen molar-refractivity contribution >= 4 is 21.6 Å². The molecule has 1 aromatic carbocycles. The maximum atomic E-state index is 4.39. The molecule has 2 rings (SSSR count). The molecule has 0 saturated carbocycles. The fraction of sp³-hybridized carbons (Fsp3) is 0.267. The summed E-state index contributed by atoms with van der Waals surface area (Å²) in [6.07, 6.45) is 1.83. The van der Waals surface area contributed by atoms with Gasteiger partial charge in [0.15, 0.2) is 0 Å². The first-order chi connectivity index (χ1) is 8.58. The first-order valence-electron chi connectivity index (χ1n) is 5.99. The SMILES string of the molecule is Cc1cc(C)c(NCc2ncccc2C)c(Br)c1. The average Bonchev–Trinajstić information content (AvgIpc) is 2.30. The van der Waals surface area contributed by atoms with Crippen LogP contribution in [0.2, 0.25) is 0 Å². The molecule has 1 heterocycles. The van der Waals surface area contributed by atoms with Crippen molar-refractivity contribution in [3.63, 3.8) is 0 Å². The van der Waals surface area contributed by atoms with Gasteiger partial charge in [0, 0.05) is 10.7 Å². The van der Waals surface area contributed by atoms with Gasteiger partial charge in [-0.3, -0.25) is 4.98 Å². The van der Waals surface area contributed by atoms with Crippen LogP contribution < -0.4 is 5.32 Å². The Balaban J connectivity index is 2.19. The summed E-state index contributed by atoms with van der Waals surface area (Å²) in [5, 5.41) is 3.46. The molecule has 3 heteroatoms. The molecule has 0 spiro atoms. The molecule has 94 valence electrons. The second-order valence-corrected chi connectivity index (χ2v) is 5.41. The molecule has 2 aromatic rings. The summed E-state index contributed by atoms with van der Waals surface area (Å²) in [7, 11) is 0. The quantitative estimate of drug-likeness (QED) is 0.910. The molecule has 0 aliphatic heterocycles. The molecule has 1 aromatic heterocycles. The Bertz CT molecular complexity index is 541. The van der Waals surface area contributed by atoms with Crippen LogP contribution in [0.1, 0.15) is 22.4 Å². The molecule has 0 saturated heterocycles. The summed E-state index contributed by atoms with van der Waals surface area (Å²) in [6.45, 7) is 7.05. The van der Waals surface area contributed by atoms with Crippen LogP contribution in [0, 0.1) is 20.8 Å². The number of pyridine rings is 1. The van der Waals surface area contributed by atoms with Crippen molar-refractivity contribution in [1.82, 2.24) is 4.98 Å². The Labute approximate surface area is 117 Å². The number of nitrogens with zero attached hydrogens (tertiary/aromatic N) is 1. The molecular formula is C15H17BrN2. The number of hydrogen-bond donors (Lipinski definition) is 1. The largest absolute Gasteiger partial charge is 0.378 e. The number of aromatic nitrogens is 1. The lowest BCUT2D eigenvalue weighted by atomic mass is 10.1. The van der Waals surface area contributed by atoms with E-state index in [1.807, 2.05) is 12.3 Å². The van der Waals surface area contributed by atoms with Gasteiger partial charge in [-0.05, 0) is 65.5 Å². The molecule has 0 atom stereocenters. The third-order valence-corrected chi connectivity index (χ3v) is 3.61. The van der Waals surface area contributed by atoms with Gasteiger partial charge in [0.25, 0.3) is 0 Å². The van der Waals surface area contributed by atoms with Gasteiger partial charge < -0.3 is 5.32 Å². The van der Waals surface area contributed by atoms with E-state index in [1.165, 1.54) is 16.7 Å². The monoisotopic (exact) mass is 304 g/mol. The van der Waals surface area contributed by atoms with Gasteiger partial charge >= 0.3 is 0 Å². The number of hydrogen-bond acceptors (Lipinski definition) is 2. The zero-order valence-corrected chi connectivity index (χ0v) is 12.5. The van der Waals surface area contributed by atoms with E-state index < -0.39 is 0 Å². The molecule has 0 fully saturated rings. The van der Waals surface area contributed by atoms with Crippen LogP contribution in [0.3, 0.4) is 0 Å². The van der Waals surface area contributed by atoms with Gasteiger partial charge in [-0.25, -0.2) is 0 Å². The van der Waals surface area contributed by atoms with Crippen LogP contribution in [0.25, 0.3) is 0 Å². The molecule has 18 heavy (non-hydrogen) atoms. The minimum absolute atomic E-state index is 0.745. The second-order valence-electron chi connectivity index (χ2n) is 4.56.